The van der Waals surface area contributed by atoms with Crippen LogP contribution in [0.4, 0.5) is 0 Å². The molecule has 1 aromatic rings. The summed E-state index contributed by atoms with van der Waals surface area (Å²) in [5.41, 5.74) is 1.29. The second kappa shape index (κ2) is 3.51. The maximum Gasteiger partial charge on any atom is 0.0583 e. The molecule has 1 fully saturated rings. The summed E-state index contributed by atoms with van der Waals surface area (Å²) in [5.74, 6) is 1.09. The van der Waals surface area contributed by atoms with Gasteiger partial charge in [-0.15, -0.1) is 0 Å². The van der Waals surface area contributed by atoms with Gasteiger partial charge in [-0.3, -0.25) is 0 Å². The van der Waals surface area contributed by atoms with E-state index in [4.69, 9.17) is 0 Å². The van der Waals surface area contributed by atoms with E-state index in [-0.39, 0.29) is 6.10 Å². The fourth-order valence-corrected chi connectivity index (χ4v) is 2.08. The highest BCUT2D eigenvalue weighted by atomic mass is 16.3. The molecule has 0 amide bonds. The predicted octanol–water partition coefficient (Wildman–Crippen LogP) is 2.56. The van der Waals surface area contributed by atoms with E-state index in [1.54, 1.807) is 0 Å². The lowest BCUT2D eigenvalue weighted by Crippen LogP contribution is -2.16. The minimum absolute atomic E-state index is 0.213. The Bertz CT molecular complexity index is 260. The molecule has 1 heteroatoms. The number of hydrogen-bond acceptors (Lipinski definition) is 1. The lowest BCUT2D eigenvalue weighted by molar-refractivity contribution is 0.152. The molecule has 2 unspecified atom stereocenters. The van der Waals surface area contributed by atoms with Gasteiger partial charge in [0.15, 0.2) is 0 Å². The van der Waals surface area contributed by atoms with Crippen molar-refractivity contribution in [2.45, 2.75) is 31.8 Å². The van der Waals surface area contributed by atoms with E-state index in [9.17, 15) is 5.11 Å². The van der Waals surface area contributed by atoms with Crippen LogP contribution in [0.5, 0.6) is 0 Å². The average molecular weight is 176 g/mol. The summed E-state index contributed by atoms with van der Waals surface area (Å²) in [4.78, 5) is 0. The van der Waals surface area contributed by atoms with Crippen LogP contribution in [0.2, 0.25) is 0 Å². The van der Waals surface area contributed by atoms with Crippen molar-refractivity contribution in [3.8, 4) is 0 Å². The van der Waals surface area contributed by atoms with E-state index in [2.05, 4.69) is 12.1 Å². The molecule has 70 valence electrons. The molecule has 0 aliphatic heterocycles. The smallest absolute Gasteiger partial charge is 0.0583 e. The number of benzene rings is 1. The maximum absolute atomic E-state index is 9.68. The highest BCUT2D eigenvalue weighted by molar-refractivity contribution is 5.22. The summed E-state index contributed by atoms with van der Waals surface area (Å²) >= 11 is 0. The molecule has 0 spiro atoms. The molecule has 2 atom stereocenters. The number of hydrogen-bond donors (Lipinski definition) is 1. The second-order valence-electron chi connectivity index (χ2n) is 4.01. The van der Waals surface area contributed by atoms with E-state index >= 15 is 0 Å². The molecule has 1 N–H and O–H groups in total. The number of rotatable bonds is 3. The maximum atomic E-state index is 9.68. The van der Waals surface area contributed by atoms with Crippen molar-refractivity contribution in [2.24, 2.45) is 5.92 Å². The summed E-state index contributed by atoms with van der Waals surface area (Å²) in [6, 6.07) is 10.4. The lowest BCUT2D eigenvalue weighted by Gasteiger charge is -2.19. The molecule has 13 heavy (non-hydrogen) atoms. The second-order valence-corrected chi connectivity index (χ2v) is 4.01. The highest BCUT2D eigenvalue weighted by Crippen LogP contribution is 2.44. The summed E-state index contributed by atoms with van der Waals surface area (Å²) < 4.78 is 0. The molecule has 1 nitrogen and oxygen atoms in total. The molecule has 0 bridgehead atoms. The Kier molecular flexibility index (Phi) is 2.36. The quantitative estimate of drug-likeness (QED) is 0.750. The Balaban J connectivity index is 2.20. The van der Waals surface area contributed by atoms with Crippen LogP contribution >= 0.6 is 0 Å². The predicted molar refractivity (Wildman–Crippen MR) is 53.6 cm³/mol. The molecule has 0 heterocycles. The first kappa shape index (κ1) is 8.76. The van der Waals surface area contributed by atoms with E-state index in [0.29, 0.717) is 5.92 Å². The largest absolute Gasteiger partial charge is 0.393 e. The van der Waals surface area contributed by atoms with Crippen LogP contribution in [0.3, 0.4) is 0 Å². The van der Waals surface area contributed by atoms with Crippen molar-refractivity contribution in [1.29, 1.82) is 0 Å². The fraction of sp³-hybridized carbons (Fsp3) is 0.500. The van der Waals surface area contributed by atoms with Crippen LogP contribution < -0.4 is 0 Å². The van der Waals surface area contributed by atoms with Crippen molar-refractivity contribution in [1.82, 2.24) is 0 Å². The van der Waals surface area contributed by atoms with Crippen molar-refractivity contribution in [3.05, 3.63) is 35.9 Å². The Morgan fingerprint density at radius 3 is 2.31 bits per heavy atom. The van der Waals surface area contributed by atoms with Gasteiger partial charge in [-0.2, -0.15) is 0 Å². The Hall–Kier alpha value is -0.820. The van der Waals surface area contributed by atoms with Crippen LogP contribution in [0.25, 0.3) is 0 Å². The summed E-state index contributed by atoms with van der Waals surface area (Å²) in [7, 11) is 0. The third-order valence-corrected chi connectivity index (χ3v) is 2.83. The molecule has 0 saturated heterocycles. The van der Waals surface area contributed by atoms with E-state index in [1.165, 1.54) is 18.4 Å². The van der Waals surface area contributed by atoms with Gasteiger partial charge < -0.3 is 5.11 Å². The Morgan fingerprint density at radius 2 is 1.85 bits per heavy atom. The minimum atomic E-state index is -0.213. The zero-order chi connectivity index (χ0) is 9.26. The standard InChI is InChI=1S/C12H16O/c1-9(13)12(11-7-8-11)10-5-3-2-4-6-10/h2-6,9,11-13H,7-8H2,1H3. The van der Waals surface area contributed by atoms with E-state index < -0.39 is 0 Å². The highest BCUT2D eigenvalue weighted by Gasteiger charge is 2.34. The zero-order valence-corrected chi connectivity index (χ0v) is 7.98. The van der Waals surface area contributed by atoms with Gasteiger partial charge in [0, 0.05) is 5.92 Å². The van der Waals surface area contributed by atoms with Gasteiger partial charge >= 0.3 is 0 Å². The van der Waals surface area contributed by atoms with Gasteiger partial charge in [-0.1, -0.05) is 30.3 Å². The molecule has 1 aliphatic rings. The lowest BCUT2D eigenvalue weighted by atomic mass is 9.90. The first-order valence-electron chi connectivity index (χ1n) is 5.02. The van der Waals surface area contributed by atoms with Gasteiger partial charge in [0.05, 0.1) is 6.10 Å². The molecular formula is C12H16O. The van der Waals surface area contributed by atoms with Crippen molar-refractivity contribution in [3.63, 3.8) is 0 Å². The van der Waals surface area contributed by atoms with Gasteiger partial charge in [0.2, 0.25) is 0 Å². The molecular weight excluding hydrogens is 160 g/mol. The minimum Gasteiger partial charge on any atom is -0.393 e. The fourth-order valence-electron chi connectivity index (χ4n) is 2.08. The SMILES string of the molecule is CC(O)C(c1ccccc1)C1CC1. The Morgan fingerprint density at radius 1 is 1.23 bits per heavy atom. The molecule has 0 radical (unpaired) electrons. The van der Waals surface area contributed by atoms with Crippen molar-refractivity contribution < 1.29 is 5.11 Å². The van der Waals surface area contributed by atoms with Gasteiger partial charge in [-0.25, -0.2) is 0 Å². The Labute approximate surface area is 79.4 Å². The summed E-state index contributed by atoms with van der Waals surface area (Å²) in [6.07, 6.45) is 2.35. The van der Waals surface area contributed by atoms with Crippen LogP contribution in [-0.4, -0.2) is 11.2 Å². The molecule has 0 aromatic heterocycles. The average Bonchev–Trinajstić information content (AvgIpc) is 2.90. The number of aliphatic hydroxyl groups excluding tert-OH is 1. The third kappa shape index (κ3) is 1.92. The van der Waals surface area contributed by atoms with Gasteiger partial charge in [0.1, 0.15) is 0 Å². The van der Waals surface area contributed by atoms with E-state index in [0.717, 1.165) is 5.92 Å². The molecule has 2 rings (SSSR count). The summed E-state index contributed by atoms with van der Waals surface area (Å²) in [5, 5.41) is 9.68. The van der Waals surface area contributed by atoms with Crippen LogP contribution in [0, 0.1) is 5.92 Å². The van der Waals surface area contributed by atoms with Gasteiger partial charge in [0.25, 0.3) is 0 Å². The molecule has 1 aromatic carbocycles. The topological polar surface area (TPSA) is 20.2 Å². The molecule has 1 aliphatic carbocycles. The zero-order valence-electron chi connectivity index (χ0n) is 7.98. The first-order chi connectivity index (χ1) is 6.29. The normalized spacial score (nSPS) is 21.1. The van der Waals surface area contributed by atoms with Gasteiger partial charge in [-0.05, 0) is 31.2 Å². The van der Waals surface area contributed by atoms with Crippen LogP contribution in [0.15, 0.2) is 30.3 Å². The summed E-state index contributed by atoms with van der Waals surface area (Å²) in [6.45, 7) is 1.90. The number of aliphatic hydroxyl groups is 1. The van der Waals surface area contributed by atoms with Crippen molar-refractivity contribution >= 4 is 0 Å². The van der Waals surface area contributed by atoms with Crippen LogP contribution in [-0.2, 0) is 0 Å². The van der Waals surface area contributed by atoms with Crippen LogP contribution in [0.1, 0.15) is 31.2 Å². The first-order valence-corrected chi connectivity index (χ1v) is 5.02. The van der Waals surface area contributed by atoms with E-state index in [1.807, 2.05) is 25.1 Å². The monoisotopic (exact) mass is 176 g/mol. The third-order valence-electron chi connectivity index (χ3n) is 2.83. The van der Waals surface area contributed by atoms with Crippen molar-refractivity contribution in [2.75, 3.05) is 0 Å². The molecule has 1 saturated carbocycles.